The van der Waals surface area contributed by atoms with Gasteiger partial charge in [0, 0.05) is 31.6 Å². The van der Waals surface area contributed by atoms with E-state index in [2.05, 4.69) is 40.2 Å². The Hall–Kier alpha value is -1.92. The second kappa shape index (κ2) is 7.37. The van der Waals surface area contributed by atoms with Gasteiger partial charge in [0.2, 0.25) is 0 Å². The molecule has 0 saturated carbocycles. The second-order valence-corrected chi connectivity index (χ2v) is 8.76. The van der Waals surface area contributed by atoms with Crippen LogP contribution in [0.25, 0.3) is 0 Å². The molecule has 2 aromatic rings. The van der Waals surface area contributed by atoms with Crippen molar-refractivity contribution in [1.82, 2.24) is 14.8 Å². The van der Waals surface area contributed by atoms with Gasteiger partial charge in [-0.1, -0.05) is 41.7 Å². The van der Waals surface area contributed by atoms with Crippen LogP contribution < -0.4 is 5.73 Å². The number of likely N-dealkylation sites (tertiary alicyclic amines) is 2. The maximum atomic E-state index is 12.8. The number of carbonyl (C=O) groups is 1. The molecule has 0 aliphatic carbocycles. The third-order valence-electron chi connectivity index (χ3n) is 5.67. The molecule has 0 radical (unpaired) electrons. The summed E-state index contributed by atoms with van der Waals surface area (Å²) in [5, 5.41) is 0.465. The number of nitrogen functional groups attached to an aromatic ring is 1. The number of hydrogen-bond acceptors (Lipinski definition) is 5. The highest BCUT2D eigenvalue weighted by Gasteiger charge is 2.40. The van der Waals surface area contributed by atoms with Crippen LogP contribution in [0.1, 0.15) is 40.9 Å². The molecule has 1 spiro atoms. The lowest BCUT2D eigenvalue weighted by molar-refractivity contribution is 0.0115. The number of amides is 1. The van der Waals surface area contributed by atoms with E-state index in [1.165, 1.54) is 36.2 Å². The Balaban J connectivity index is 1.44. The van der Waals surface area contributed by atoms with E-state index in [9.17, 15) is 4.79 Å². The summed E-state index contributed by atoms with van der Waals surface area (Å²) in [4.78, 5) is 22.1. The number of benzene rings is 1. The summed E-state index contributed by atoms with van der Waals surface area (Å²) in [5.41, 5.74) is 7.31. The highest BCUT2D eigenvalue weighted by Crippen LogP contribution is 2.39. The molecule has 5 nitrogen and oxygen atoms in total. The van der Waals surface area contributed by atoms with Crippen molar-refractivity contribution >= 4 is 22.4 Å². The highest BCUT2D eigenvalue weighted by atomic mass is 32.1. The summed E-state index contributed by atoms with van der Waals surface area (Å²) in [6.45, 7) is 4.93. The largest absolute Gasteiger partial charge is 0.375 e. The van der Waals surface area contributed by atoms with E-state index in [0.29, 0.717) is 10.0 Å². The Labute approximate surface area is 158 Å². The van der Waals surface area contributed by atoms with Gasteiger partial charge >= 0.3 is 0 Å². The minimum atomic E-state index is 0.0958. The zero-order valence-electron chi connectivity index (χ0n) is 15.1. The minimum absolute atomic E-state index is 0.0958. The topological polar surface area (TPSA) is 62.5 Å². The highest BCUT2D eigenvalue weighted by molar-refractivity contribution is 7.17. The SMILES string of the molecule is Nc1ncc(C(=O)N2CCCC3(CCCN(Cc4ccccc4)C3)C2)s1. The Bertz CT molecular complexity index is 758. The number of nitrogens with zero attached hydrogens (tertiary/aromatic N) is 3. The summed E-state index contributed by atoms with van der Waals surface area (Å²) in [6.07, 6.45) is 6.34. The molecule has 3 heterocycles. The molecular weight excluding hydrogens is 344 g/mol. The van der Waals surface area contributed by atoms with Crippen molar-refractivity contribution in [3.8, 4) is 0 Å². The van der Waals surface area contributed by atoms with Crippen molar-refractivity contribution in [2.24, 2.45) is 5.41 Å². The number of hydrogen-bond donors (Lipinski definition) is 1. The maximum Gasteiger partial charge on any atom is 0.265 e. The molecule has 138 valence electrons. The molecule has 1 atom stereocenters. The molecule has 2 aliphatic rings. The van der Waals surface area contributed by atoms with Gasteiger partial charge in [0.1, 0.15) is 4.88 Å². The van der Waals surface area contributed by atoms with Crippen molar-refractivity contribution in [3.05, 3.63) is 47.0 Å². The summed E-state index contributed by atoms with van der Waals surface area (Å²) in [5.74, 6) is 0.0958. The number of nitrogens with two attached hydrogens (primary N) is 1. The molecule has 26 heavy (non-hydrogen) atoms. The van der Waals surface area contributed by atoms with Crippen molar-refractivity contribution < 1.29 is 4.79 Å². The van der Waals surface area contributed by atoms with Crippen LogP contribution >= 0.6 is 11.3 Å². The zero-order chi connectivity index (χ0) is 18.0. The van der Waals surface area contributed by atoms with E-state index < -0.39 is 0 Å². The first kappa shape index (κ1) is 17.5. The van der Waals surface area contributed by atoms with Gasteiger partial charge < -0.3 is 10.6 Å². The van der Waals surface area contributed by atoms with Gasteiger partial charge in [0.05, 0.1) is 6.20 Å². The average molecular weight is 371 g/mol. The fourth-order valence-electron chi connectivity index (χ4n) is 4.54. The van der Waals surface area contributed by atoms with Gasteiger partial charge in [0.25, 0.3) is 5.91 Å². The Morgan fingerprint density at radius 3 is 2.65 bits per heavy atom. The van der Waals surface area contributed by atoms with Gasteiger partial charge in [-0.15, -0.1) is 0 Å². The molecule has 6 heteroatoms. The van der Waals surface area contributed by atoms with Gasteiger partial charge in [-0.2, -0.15) is 0 Å². The van der Waals surface area contributed by atoms with Crippen LogP contribution in [0.4, 0.5) is 5.13 Å². The molecule has 1 unspecified atom stereocenters. The van der Waals surface area contributed by atoms with Crippen molar-refractivity contribution in [2.45, 2.75) is 32.2 Å². The normalized spacial score (nSPS) is 24.1. The summed E-state index contributed by atoms with van der Waals surface area (Å²) >= 11 is 1.29. The zero-order valence-corrected chi connectivity index (χ0v) is 15.9. The lowest BCUT2D eigenvalue weighted by Gasteiger charge is -2.48. The molecule has 2 saturated heterocycles. The van der Waals surface area contributed by atoms with E-state index in [0.717, 1.165) is 39.1 Å². The fraction of sp³-hybridized carbons (Fsp3) is 0.500. The van der Waals surface area contributed by atoms with Crippen LogP contribution in [0.5, 0.6) is 0 Å². The number of rotatable bonds is 3. The molecule has 2 fully saturated rings. The van der Waals surface area contributed by atoms with Crippen LogP contribution in [0.2, 0.25) is 0 Å². The molecule has 0 bridgehead atoms. The van der Waals surface area contributed by atoms with E-state index >= 15 is 0 Å². The smallest absolute Gasteiger partial charge is 0.265 e. The van der Waals surface area contributed by atoms with Crippen LogP contribution in [-0.4, -0.2) is 46.9 Å². The average Bonchev–Trinajstić information content (AvgIpc) is 3.08. The number of anilines is 1. The molecule has 2 aliphatic heterocycles. The van der Waals surface area contributed by atoms with Crippen LogP contribution in [0.15, 0.2) is 36.5 Å². The van der Waals surface area contributed by atoms with Crippen LogP contribution in [0, 0.1) is 5.41 Å². The first-order valence-corrected chi connectivity index (χ1v) is 10.2. The summed E-state index contributed by atoms with van der Waals surface area (Å²) in [6, 6.07) is 10.7. The first-order valence-electron chi connectivity index (χ1n) is 9.40. The first-order chi connectivity index (χ1) is 12.6. The number of thiazole rings is 1. The molecule has 1 aromatic carbocycles. The van der Waals surface area contributed by atoms with E-state index in [4.69, 9.17) is 5.73 Å². The Morgan fingerprint density at radius 2 is 1.92 bits per heavy atom. The van der Waals surface area contributed by atoms with Gasteiger partial charge in [-0.25, -0.2) is 4.98 Å². The van der Waals surface area contributed by atoms with Crippen molar-refractivity contribution in [1.29, 1.82) is 0 Å². The van der Waals surface area contributed by atoms with E-state index in [-0.39, 0.29) is 11.3 Å². The van der Waals surface area contributed by atoms with Crippen LogP contribution in [0.3, 0.4) is 0 Å². The Kier molecular flexibility index (Phi) is 4.96. The quantitative estimate of drug-likeness (QED) is 0.901. The van der Waals surface area contributed by atoms with Gasteiger partial charge in [-0.3, -0.25) is 9.69 Å². The lowest BCUT2D eigenvalue weighted by Crippen LogP contribution is -2.53. The standard InChI is InChI=1S/C20H26N4OS/c21-19-22-12-17(26-19)18(25)24-11-5-9-20(15-24)8-4-10-23(14-20)13-16-6-2-1-3-7-16/h1-3,6-7,12H,4-5,8-11,13-15H2,(H2,21,22). The predicted molar refractivity (Wildman–Crippen MR) is 105 cm³/mol. The second-order valence-electron chi connectivity index (χ2n) is 7.69. The van der Waals surface area contributed by atoms with Crippen LogP contribution in [-0.2, 0) is 6.54 Å². The van der Waals surface area contributed by atoms with Gasteiger partial charge in [0.15, 0.2) is 5.13 Å². The van der Waals surface area contributed by atoms with E-state index in [1.54, 1.807) is 6.20 Å². The molecule has 1 aromatic heterocycles. The maximum absolute atomic E-state index is 12.8. The van der Waals surface area contributed by atoms with Crippen molar-refractivity contribution in [3.63, 3.8) is 0 Å². The van der Waals surface area contributed by atoms with Crippen molar-refractivity contribution in [2.75, 3.05) is 31.9 Å². The van der Waals surface area contributed by atoms with Gasteiger partial charge in [-0.05, 0) is 37.8 Å². The predicted octanol–water partition coefficient (Wildman–Crippen LogP) is 3.24. The third kappa shape index (κ3) is 3.76. The number of aromatic nitrogens is 1. The molecule has 1 amide bonds. The Morgan fingerprint density at radius 1 is 1.15 bits per heavy atom. The van der Waals surface area contributed by atoms with E-state index in [1.807, 2.05) is 4.90 Å². The minimum Gasteiger partial charge on any atom is -0.375 e. The third-order valence-corrected chi connectivity index (χ3v) is 6.49. The number of piperidine rings is 2. The summed E-state index contributed by atoms with van der Waals surface area (Å²) in [7, 11) is 0. The molecule has 2 N–H and O–H groups in total. The monoisotopic (exact) mass is 370 g/mol. The molecule has 4 rings (SSSR count). The lowest BCUT2D eigenvalue weighted by atomic mass is 9.73. The molecular formula is C20H26N4OS. The summed E-state index contributed by atoms with van der Waals surface area (Å²) < 4.78 is 0. The fourth-order valence-corrected chi connectivity index (χ4v) is 5.20. The number of carbonyl (C=O) groups excluding carboxylic acids is 1.